The standard InChI is InChI=1S/C14H13FN2O2/c1-3-5-9(4-2)14-16-13(17-19-14)10-6-7-12(18)11(15)8-10/h4-8,18H,2-3H2,1H3/b9-5+. The summed E-state index contributed by atoms with van der Waals surface area (Å²) >= 11 is 0. The lowest BCUT2D eigenvalue weighted by atomic mass is 10.2. The van der Waals surface area contributed by atoms with Gasteiger partial charge in [0.1, 0.15) is 0 Å². The predicted molar refractivity (Wildman–Crippen MR) is 69.8 cm³/mol. The number of benzene rings is 1. The Morgan fingerprint density at radius 3 is 2.95 bits per heavy atom. The van der Waals surface area contributed by atoms with Gasteiger partial charge in [-0.1, -0.05) is 30.8 Å². The molecule has 1 heterocycles. The van der Waals surface area contributed by atoms with Crippen molar-refractivity contribution in [1.29, 1.82) is 0 Å². The molecule has 0 radical (unpaired) electrons. The third-order valence-electron chi connectivity index (χ3n) is 2.52. The van der Waals surface area contributed by atoms with Crippen LogP contribution in [0.1, 0.15) is 19.2 Å². The summed E-state index contributed by atoms with van der Waals surface area (Å²) in [5, 5.41) is 12.9. The maximum atomic E-state index is 13.3. The molecule has 1 N–H and O–H groups in total. The maximum Gasteiger partial charge on any atom is 0.257 e. The molecular weight excluding hydrogens is 247 g/mol. The molecule has 0 saturated carbocycles. The van der Waals surface area contributed by atoms with E-state index >= 15 is 0 Å². The van der Waals surface area contributed by atoms with Crippen LogP contribution in [0.3, 0.4) is 0 Å². The van der Waals surface area contributed by atoms with E-state index in [0.717, 1.165) is 18.1 Å². The van der Waals surface area contributed by atoms with Crippen LogP contribution in [0.5, 0.6) is 5.75 Å². The van der Waals surface area contributed by atoms with E-state index in [2.05, 4.69) is 16.7 Å². The van der Waals surface area contributed by atoms with Gasteiger partial charge >= 0.3 is 0 Å². The molecule has 0 aliphatic carbocycles. The molecule has 2 aromatic rings. The minimum Gasteiger partial charge on any atom is -0.505 e. The first-order valence-corrected chi connectivity index (χ1v) is 5.81. The third kappa shape index (κ3) is 2.70. The van der Waals surface area contributed by atoms with Crippen molar-refractivity contribution in [2.75, 3.05) is 0 Å². The number of aromatic hydroxyl groups is 1. The highest BCUT2D eigenvalue weighted by Crippen LogP contribution is 2.24. The van der Waals surface area contributed by atoms with Crippen molar-refractivity contribution < 1.29 is 14.0 Å². The number of hydrogen-bond donors (Lipinski definition) is 1. The molecule has 1 aromatic carbocycles. The lowest BCUT2D eigenvalue weighted by molar-refractivity contribution is 0.409. The van der Waals surface area contributed by atoms with Gasteiger partial charge in [0.15, 0.2) is 11.6 Å². The van der Waals surface area contributed by atoms with Crippen LogP contribution in [0.4, 0.5) is 4.39 Å². The number of halogens is 1. The molecule has 0 saturated heterocycles. The normalized spacial score (nSPS) is 11.6. The summed E-state index contributed by atoms with van der Waals surface area (Å²) in [6.45, 7) is 5.66. The largest absolute Gasteiger partial charge is 0.505 e. The van der Waals surface area contributed by atoms with Crippen LogP contribution >= 0.6 is 0 Å². The van der Waals surface area contributed by atoms with Gasteiger partial charge in [-0.15, -0.1) is 0 Å². The molecule has 0 unspecified atom stereocenters. The zero-order valence-electron chi connectivity index (χ0n) is 10.4. The van der Waals surface area contributed by atoms with E-state index in [1.807, 2.05) is 13.0 Å². The Balaban J connectivity index is 2.37. The fourth-order valence-corrected chi connectivity index (χ4v) is 1.58. The van der Waals surface area contributed by atoms with Crippen LogP contribution in [0.2, 0.25) is 0 Å². The van der Waals surface area contributed by atoms with Gasteiger partial charge in [0, 0.05) is 11.1 Å². The molecule has 4 nitrogen and oxygen atoms in total. The van der Waals surface area contributed by atoms with Crippen molar-refractivity contribution in [3.8, 4) is 17.1 Å². The fraction of sp³-hybridized carbons (Fsp3) is 0.143. The minimum absolute atomic E-state index is 0.262. The van der Waals surface area contributed by atoms with Crippen LogP contribution in [0, 0.1) is 5.82 Å². The van der Waals surface area contributed by atoms with E-state index in [1.165, 1.54) is 12.1 Å². The molecule has 0 aliphatic rings. The zero-order valence-corrected chi connectivity index (χ0v) is 10.4. The smallest absolute Gasteiger partial charge is 0.257 e. The maximum absolute atomic E-state index is 13.3. The summed E-state index contributed by atoms with van der Waals surface area (Å²) in [5.74, 6) is -0.542. The summed E-state index contributed by atoms with van der Waals surface area (Å²) in [5.41, 5.74) is 1.17. The van der Waals surface area contributed by atoms with Gasteiger partial charge < -0.3 is 9.63 Å². The average molecular weight is 260 g/mol. The Kier molecular flexibility index (Phi) is 3.75. The first-order chi connectivity index (χ1) is 9.15. The van der Waals surface area contributed by atoms with Gasteiger partial charge in [-0.05, 0) is 24.6 Å². The van der Waals surface area contributed by atoms with Gasteiger partial charge in [-0.2, -0.15) is 4.98 Å². The summed E-state index contributed by atoms with van der Waals surface area (Å²) in [4.78, 5) is 4.18. The van der Waals surface area contributed by atoms with Crippen LogP contribution in [-0.2, 0) is 0 Å². The molecule has 0 bridgehead atoms. The molecule has 19 heavy (non-hydrogen) atoms. The van der Waals surface area contributed by atoms with Crippen molar-refractivity contribution in [1.82, 2.24) is 10.1 Å². The van der Waals surface area contributed by atoms with Crippen molar-refractivity contribution in [3.05, 3.63) is 48.6 Å². The number of phenols is 1. The van der Waals surface area contributed by atoms with E-state index in [0.29, 0.717) is 11.5 Å². The quantitative estimate of drug-likeness (QED) is 0.854. The molecule has 5 heteroatoms. The molecular formula is C14H13FN2O2. The molecule has 2 rings (SSSR count). The Morgan fingerprint density at radius 2 is 2.32 bits per heavy atom. The van der Waals surface area contributed by atoms with Gasteiger partial charge in [0.05, 0.1) is 0 Å². The molecule has 1 aromatic heterocycles. The second kappa shape index (κ2) is 5.48. The lowest BCUT2D eigenvalue weighted by Gasteiger charge is -1.96. The number of phenolic OH excluding ortho intramolecular Hbond substituents is 1. The summed E-state index contributed by atoms with van der Waals surface area (Å²) in [6.07, 6.45) is 4.34. The highest BCUT2D eigenvalue weighted by molar-refractivity contribution is 5.69. The first-order valence-electron chi connectivity index (χ1n) is 5.81. The topological polar surface area (TPSA) is 59.2 Å². The lowest BCUT2D eigenvalue weighted by Crippen LogP contribution is -1.85. The molecule has 0 amide bonds. The van der Waals surface area contributed by atoms with Gasteiger partial charge in [-0.3, -0.25) is 0 Å². The Bertz CT molecular complexity index is 632. The average Bonchev–Trinajstić information content (AvgIpc) is 2.88. The van der Waals surface area contributed by atoms with E-state index in [9.17, 15) is 4.39 Å². The van der Waals surface area contributed by atoms with Crippen LogP contribution in [0.15, 0.2) is 41.5 Å². The Labute approximate surface area is 109 Å². The SMILES string of the molecule is C=C/C(=C\CC)c1nc(-c2ccc(O)c(F)c2)no1. The van der Waals surface area contributed by atoms with Crippen LogP contribution < -0.4 is 0 Å². The summed E-state index contributed by atoms with van der Waals surface area (Å²) in [6, 6.07) is 3.92. The zero-order chi connectivity index (χ0) is 13.8. The van der Waals surface area contributed by atoms with E-state index in [-0.39, 0.29) is 5.82 Å². The van der Waals surface area contributed by atoms with Crippen molar-refractivity contribution in [2.24, 2.45) is 0 Å². The van der Waals surface area contributed by atoms with Crippen molar-refractivity contribution in [3.63, 3.8) is 0 Å². The molecule has 0 aliphatic heterocycles. The molecule has 0 fully saturated rings. The van der Waals surface area contributed by atoms with Gasteiger partial charge in [0.25, 0.3) is 5.89 Å². The summed E-state index contributed by atoms with van der Waals surface area (Å²) < 4.78 is 18.4. The highest BCUT2D eigenvalue weighted by Gasteiger charge is 2.12. The van der Waals surface area contributed by atoms with E-state index < -0.39 is 11.6 Å². The third-order valence-corrected chi connectivity index (χ3v) is 2.52. The van der Waals surface area contributed by atoms with Gasteiger partial charge in [-0.25, -0.2) is 4.39 Å². The second-order valence-corrected chi connectivity index (χ2v) is 3.86. The monoisotopic (exact) mass is 260 g/mol. The first kappa shape index (κ1) is 13.0. The number of allylic oxidation sites excluding steroid dienone is 3. The highest BCUT2D eigenvalue weighted by atomic mass is 19.1. The minimum atomic E-state index is -0.725. The van der Waals surface area contributed by atoms with E-state index in [4.69, 9.17) is 9.63 Å². The second-order valence-electron chi connectivity index (χ2n) is 3.86. The molecule has 0 spiro atoms. The summed E-state index contributed by atoms with van der Waals surface area (Å²) in [7, 11) is 0. The van der Waals surface area contributed by atoms with Crippen molar-refractivity contribution >= 4 is 5.57 Å². The number of aromatic nitrogens is 2. The van der Waals surface area contributed by atoms with Gasteiger partial charge in [0.2, 0.25) is 5.82 Å². The fourth-order valence-electron chi connectivity index (χ4n) is 1.58. The Morgan fingerprint density at radius 1 is 1.53 bits per heavy atom. The number of nitrogens with zero attached hydrogens (tertiary/aromatic N) is 2. The Hall–Kier alpha value is -2.43. The predicted octanol–water partition coefficient (Wildman–Crippen LogP) is 3.56. The van der Waals surface area contributed by atoms with Crippen LogP contribution in [-0.4, -0.2) is 15.2 Å². The number of rotatable bonds is 4. The molecule has 98 valence electrons. The van der Waals surface area contributed by atoms with Crippen LogP contribution in [0.25, 0.3) is 17.0 Å². The van der Waals surface area contributed by atoms with E-state index in [1.54, 1.807) is 6.08 Å². The van der Waals surface area contributed by atoms with Crippen molar-refractivity contribution in [2.45, 2.75) is 13.3 Å². The molecule has 0 atom stereocenters. The number of hydrogen-bond acceptors (Lipinski definition) is 4.